The minimum absolute atomic E-state index is 0.104. The normalized spacial score (nSPS) is 11.7. The van der Waals surface area contributed by atoms with Crippen LogP contribution in [0.5, 0.6) is 0 Å². The van der Waals surface area contributed by atoms with Gasteiger partial charge >= 0.3 is 5.69 Å². The van der Waals surface area contributed by atoms with Gasteiger partial charge in [0, 0.05) is 5.41 Å². The third-order valence-corrected chi connectivity index (χ3v) is 1.81. The lowest BCUT2D eigenvalue weighted by Crippen LogP contribution is -2.13. The summed E-state index contributed by atoms with van der Waals surface area (Å²) in [4.78, 5) is 10.3. The fraction of sp³-hybridized carbons (Fsp3) is 0.625. The number of aromatic nitrogens is 2. The van der Waals surface area contributed by atoms with Crippen LogP contribution in [0.2, 0.25) is 0 Å². The Kier molecular flexibility index (Phi) is 2.11. The summed E-state index contributed by atoms with van der Waals surface area (Å²) in [5, 5.41) is 17.3. The van der Waals surface area contributed by atoms with E-state index in [-0.39, 0.29) is 16.0 Å². The SMILES string of the molecule is Cc1[nH]nc(C(C)(C)C)c1[N+](=O)[O-]. The van der Waals surface area contributed by atoms with Crippen molar-refractivity contribution in [2.45, 2.75) is 33.1 Å². The van der Waals surface area contributed by atoms with E-state index in [9.17, 15) is 10.1 Å². The van der Waals surface area contributed by atoms with Gasteiger partial charge < -0.3 is 0 Å². The van der Waals surface area contributed by atoms with Crippen LogP contribution < -0.4 is 0 Å². The third kappa shape index (κ3) is 1.68. The number of nitro groups is 1. The van der Waals surface area contributed by atoms with E-state index in [4.69, 9.17) is 0 Å². The molecule has 0 unspecified atom stereocenters. The molecule has 0 fully saturated rings. The lowest BCUT2D eigenvalue weighted by Gasteiger charge is -2.13. The van der Waals surface area contributed by atoms with Gasteiger partial charge in [0.25, 0.3) is 0 Å². The first-order valence-corrected chi connectivity index (χ1v) is 4.04. The van der Waals surface area contributed by atoms with Crippen LogP contribution >= 0.6 is 0 Å². The first kappa shape index (κ1) is 9.70. The highest BCUT2D eigenvalue weighted by Gasteiger charge is 2.30. The maximum Gasteiger partial charge on any atom is 0.313 e. The molecule has 13 heavy (non-hydrogen) atoms. The average molecular weight is 183 g/mol. The molecule has 5 heteroatoms. The summed E-state index contributed by atoms with van der Waals surface area (Å²) < 4.78 is 0. The summed E-state index contributed by atoms with van der Waals surface area (Å²) in [6.45, 7) is 7.35. The van der Waals surface area contributed by atoms with Crippen molar-refractivity contribution in [3.8, 4) is 0 Å². The highest BCUT2D eigenvalue weighted by molar-refractivity contribution is 5.43. The van der Waals surface area contributed by atoms with Gasteiger partial charge in [-0.25, -0.2) is 0 Å². The number of hydrogen-bond acceptors (Lipinski definition) is 3. The highest BCUT2D eigenvalue weighted by atomic mass is 16.6. The first-order chi connectivity index (χ1) is 5.84. The van der Waals surface area contributed by atoms with Gasteiger partial charge in [-0.1, -0.05) is 20.8 Å². The number of rotatable bonds is 1. The molecule has 1 heterocycles. The smallest absolute Gasteiger partial charge is 0.275 e. The van der Waals surface area contributed by atoms with Crippen molar-refractivity contribution in [1.29, 1.82) is 0 Å². The Morgan fingerprint density at radius 1 is 1.46 bits per heavy atom. The monoisotopic (exact) mass is 183 g/mol. The fourth-order valence-electron chi connectivity index (χ4n) is 1.17. The van der Waals surface area contributed by atoms with Crippen LogP contribution in [0.1, 0.15) is 32.2 Å². The zero-order valence-corrected chi connectivity index (χ0v) is 8.21. The Labute approximate surface area is 76.3 Å². The van der Waals surface area contributed by atoms with Gasteiger partial charge in [-0.15, -0.1) is 0 Å². The van der Waals surface area contributed by atoms with Gasteiger partial charge in [-0.3, -0.25) is 15.2 Å². The summed E-state index contributed by atoms with van der Waals surface area (Å²) in [5.74, 6) is 0. The highest BCUT2D eigenvalue weighted by Crippen LogP contribution is 2.30. The van der Waals surface area contributed by atoms with Gasteiger partial charge in [-0.05, 0) is 6.92 Å². The Hall–Kier alpha value is -1.39. The minimum atomic E-state index is -0.389. The maximum absolute atomic E-state index is 10.7. The van der Waals surface area contributed by atoms with Crippen LogP contribution in [-0.2, 0) is 5.41 Å². The predicted octanol–water partition coefficient (Wildman–Crippen LogP) is 1.92. The molecule has 1 rings (SSSR count). The summed E-state index contributed by atoms with van der Waals surface area (Å²) in [6.07, 6.45) is 0. The van der Waals surface area contributed by atoms with Crippen LogP contribution in [0.3, 0.4) is 0 Å². The summed E-state index contributed by atoms with van der Waals surface area (Å²) in [5.41, 5.74) is 0.824. The van der Waals surface area contributed by atoms with Crippen LogP contribution in [0.4, 0.5) is 5.69 Å². The van der Waals surface area contributed by atoms with Crippen molar-refractivity contribution in [3.05, 3.63) is 21.5 Å². The quantitative estimate of drug-likeness (QED) is 0.534. The van der Waals surface area contributed by atoms with Crippen molar-refractivity contribution < 1.29 is 4.92 Å². The van der Waals surface area contributed by atoms with Crippen molar-refractivity contribution >= 4 is 5.69 Å². The van der Waals surface area contributed by atoms with Crippen molar-refractivity contribution in [3.63, 3.8) is 0 Å². The number of aryl methyl sites for hydroxylation is 1. The second-order valence-electron chi connectivity index (χ2n) is 4.05. The Morgan fingerprint density at radius 3 is 2.31 bits per heavy atom. The molecule has 0 aliphatic rings. The summed E-state index contributed by atoms with van der Waals surface area (Å²) in [6, 6.07) is 0. The molecule has 0 aliphatic carbocycles. The van der Waals surface area contributed by atoms with Crippen LogP contribution in [0, 0.1) is 17.0 Å². The molecule has 1 aromatic rings. The molecule has 0 bridgehead atoms. The molecule has 0 spiro atoms. The molecule has 72 valence electrons. The predicted molar refractivity (Wildman–Crippen MR) is 48.7 cm³/mol. The van der Waals surface area contributed by atoms with Crippen molar-refractivity contribution in [2.75, 3.05) is 0 Å². The largest absolute Gasteiger partial charge is 0.313 e. The molecular formula is C8H13N3O2. The Morgan fingerprint density at radius 2 is 2.00 bits per heavy atom. The molecule has 0 atom stereocenters. The summed E-state index contributed by atoms with van der Waals surface area (Å²) >= 11 is 0. The van der Waals surface area contributed by atoms with E-state index in [2.05, 4.69) is 10.2 Å². The molecule has 0 aliphatic heterocycles. The molecule has 1 N–H and O–H groups in total. The van der Waals surface area contributed by atoms with E-state index >= 15 is 0 Å². The average Bonchev–Trinajstić information content (AvgIpc) is 2.28. The molecule has 0 amide bonds. The topological polar surface area (TPSA) is 71.8 Å². The van der Waals surface area contributed by atoms with E-state index in [1.165, 1.54) is 0 Å². The lowest BCUT2D eigenvalue weighted by molar-refractivity contribution is -0.386. The van der Waals surface area contributed by atoms with E-state index in [1.54, 1.807) is 6.92 Å². The Balaban J connectivity index is 3.31. The second kappa shape index (κ2) is 2.83. The molecule has 0 saturated heterocycles. The number of H-pyrrole nitrogens is 1. The standard InChI is InChI=1S/C8H13N3O2/c1-5-6(11(12)13)7(10-9-5)8(2,3)4/h1-4H3,(H,9,10). The van der Waals surface area contributed by atoms with Crippen LogP contribution in [0.15, 0.2) is 0 Å². The zero-order chi connectivity index (χ0) is 10.2. The molecular weight excluding hydrogens is 170 g/mol. The number of hydrogen-bond donors (Lipinski definition) is 1. The van der Waals surface area contributed by atoms with Gasteiger partial charge in [0.15, 0.2) is 0 Å². The van der Waals surface area contributed by atoms with Gasteiger partial charge in [0.05, 0.1) is 4.92 Å². The van der Waals surface area contributed by atoms with E-state index in [0.717, 1.165) is 0 Å². The van der Waals surface area contributed by atoms with E-state index in [0.29, 0.717) is 11.4 Å². The molecule has 1 aromatic heterocycles. The van der Waals surface area contributed by atoms with Crippen molar-refractivity contribution in [1.82, 2.24) is 10.2 Å². The van der Waals surface area contributed by atoms with Crippen molar-refractivity contribution in [2.24, 2.45) is 0 Å². The number of nitrogens with one attached hydrogen (secondary N) is 1. The summed E-state index contributed by atoms with van der Waals surface area (Å²) in [7, 11) is 0. The molecule has 0 aromatic carbocycles. The van der Waals surface area contributed by atoms with Gasteiger partial charge in [-0.2, -0.15) is 5.10 Å². The van der Waals surface area contributed by atoms with Gasteiger partial charge in [0.2, 0.25) is 0 Å². The molecule has 0 saturated carbocycles. The number of aromatic amines is 1. The molecule has 0 radical (unpaired) electrons. The lowest BCUT2D eigenvalue weighted by atomic mass is 9.91. The maximum atomic E-state index is 10.7. The first-order valence-electron chi connectivity index (χ1n) is 4.04. The second-order valence-corrected chi connectivity index (χ2v) is 4.05. The molecule has 5 nitrogen and oxygen atoms in total. The number of nitrogens with zero attached hydrogens (tertiary/aromatic N) is 2. The van der Waals surface area contributed by atoms with E-state index < -0.39 is 0 Å². The zero-order valence-electron chi connectivity index (χ0n) is 8.21. The minimum Gasteiger partial charge on any atom is -0.275 e. The van der Waals surface area contributed by atoms with E-state index in [1.807, 2.05) is 20.8 Å². The van der Waals surface area contributed by atoms with Gasteiger partial charge in [0.1, 0.15) is 11.4 Å². The Bertz CT molecular complexity index is 336. The van der Waals surface area contributed by atoms with Crippen LogP contribution in [0.25, 0.3) is 0 Å². The van der Waals surface area contributed by atoms with Crippen LogP contribution in [-0.4, -0.2) is 15.1 Å². The fourth-order valence-corrected chi connectivity index (χ4v) is 1.17. The third-order valence-electron chi connectivity index (χ3n) is 1.81.